The molecule has 1 fully saturated rings. The van der Waals surface area contributed by atoms with Crippen LogP contribution in [0.5, 0.6) is 0 Å². The van der Waals surface area contributed by atoms with E-state index < -0.39 is 0 Å². The second-order valence-electron chi connectivity index (χ2n) is 3.26. The summed E-state index contributed by atoms with van der Waals surface area (Å²) >= 11 is 4.08. The van der Waals surface area contributed by atoms with Crippen LogP contribution in [0.3, 0.4) is 0 Å². The van der Waals surface area contributed by atoms with Crippen molar-refractivity contribution in [3.63, 3.8) is 0 Å². The summed E-state index contributed by atoms with van der Waals surface area (Å²) in [4.78, 5) is 4.29. The second-order valence-corrected chi connectivity index (χ2v) is 6.27. The average Bonchev–Trinajstić information content (AvgIpc) is 2.56. The third-order valence-corrected chi connectivity index (χ3v) is 3.88. The van der Waals surface area contributed by atoms with Gasteiger partial charge in [0.1, 0.15) is 5.01 Å². The minimum Gasteiger partial charge on any atom is -0.307 e. The van der Waals surface area contributed by atoms with Crippen molar-refractivity contribution < 1.29 is 0 Å². The standard InChI is InChI=1S/C8H11IN2S/c1-5-2-6(5)10-4-8-11-3-7(9)12-8/h3,5-6,10H,2,4H2,1H3/t5-,6-/m1/s1. The molecule has 1 aromatic rings. The zero-order valence-corrected chi connectivity index (χ0v) is 9.85. The van der Waals surface area contributed by atoms with E-state index in [2.05, 4.69) is 39.8 Å². The topological polar surface area (TPSA) is 24.9 Å². The number of rotatable bonds is 3. The summed E-state index contributed by atoms with van der Waals surface area (Å²) in [6.07, 6.45) is 3.26. The molecule has 0 saturated heterocycles. The maximum absolute atomic E-state index is 4.29. The van der Waals surface area contributed by atoms with Crippen molar-refractivity contribution in [2.45, 2.75) is 25.9 Å². The zero-order valence-electron chi connectivity index (χ0n) is 6.88. The molecule has 1 aliphatic carbocycles. The third kappa shape index (κ3) is 2.17. The van der Waals surface area contributed by atoms with Crippen LogP contribution < -0.4 is 5.32 Å². The molecule has 0 aliphatic heterocycles. The Balaban J connectivity index is 1.80. The van der Waals surface area contributed by atoms with Gasteiger partial charge in [0.25, 0.3) is 0 Å². The Bertz CT molecular complexity index is 274. The molecule has 1 N–H and O–H groups in total. The summed E-state index contributed by atoms with van der Waals surface area (Å²) in [5.74, 6) is 0.879. The van der Waals surface area contributed by atoms with Crippen molar-refractivity contribution in [1.82, 2.24) is 10.3 Å². The lowest BCUT2D eigenvalue weighted by Crippen LogP contribution is -2.16. The van der Waals surface area contributed by atoms with Gasteiger partial charge in [-0.2, -0.15) is 0 Å². The van der Waals surface area contributed by atoms with Gasteiger partial charge in [0, 0.05) is 12.6 Å². The quantitative estimate of drug-likeness (QED) is 0.865. The van der Waals surface area contributed by atoms with E-state index in [1.807, 2.05) is 6.20 Å². The van der Waals surface area contributed by atoms with Crippen LogP contribution in [-0.2, 0) is 6.54 Å². The Labute approximate surface area is 89.9 Å². The van der Waals surface area contributed by atoms with Crippen molar-refractivity contribution >= 4 is 33.9 Å². The normalized spacial score (nSPS) is 27.5. The van der Waals surface area contributed by atoms with Crippen molar-refractivity contribution in [1.29, 1.82) is 0 Å². The SMILES string of the molecule is C[C@@H]1C[C@H]1NCc1ncc(I)s1. The van der Waals surface area contributed by atoms with Gasteiger partial charge in [0.05, 0.1) is 9.08 Å². The van der Waals surface area contributed by atoms with Gasteiger partial charge in [0.15, 0.2) is 0 Å². The highest BCUT2D eigenvalue weighted by Crippen LogP contribution is 2.29. The van der Waals surface area contributed by atoms with Crippen molar-refractivity contribution in [3.05, 3.63) is 14.1 Å². The van der Waals surface area contributed by atoms with Crippen LogP contribution in [-0.4, -0.2) is 11.0 Å². The summed E-state index contributed by atoms with van der Waals surface area (Å²) in [7, 11) is 0. The number of halogens is 1. The highest BCUT2D eigenvalue weighted by Gasteiger charge is 2.31. The molecule has 0 spiro atoms. The molecule has 2 atom stereocenters. The monoisotopic (exact) mass is 294 g/mol. The Hall–Kier alpha value is 0.320. The van der Waals surface area contributed by atoms with E-state index in [-0.39, 0.29) is 0 Å². The van der Waals surface area contributed by atoms with Crippen LogP contribution in [0.25, 0.3) is 0 Å². The molecule has 0 amide bonds. The van der Waals surface area contributed by atoms with Gasteiger partial charge in [-0.15, -0.1) is 11.3 Å². The smallest absolute Gasteiger partial charge is 0.107 e. The molecule has 0 aromatic carbocycles. The number of hydrogen-bond acceptors (Lipinski definition) is 3. The van der Waals surface area contributed by atoms with E-state index in [4.69, 9.17) is 0 Å². The van der Waals surface area contributed by atoms with Gasteiger partial charge in [-0.3, -0.25) is 0 Å². The molecule has 0 unspecified atom stereocenters. The molecule has 1 aromatic heterocycles. The van der Waals surface area contributed by atoms with Crippen LogP contribution >= 0.6 is 33.9 Å². The van der Waals surface area contributed by atoms with Crippen LogP contribution in [0.1, 0.15) is 18.4 Å². The largest absolute Gasteiger partial charge is 0.307 e. The van der Waals surface area contributed by atoms with Crippen LogP contribution in [0.4, 0.5) is 0 Å². The molecular formula is C8H11IN2S. The summed E-state index contributed by atoms with van der Waals surface area (Å²) in [6, 6.07) is 0.756. The van der Waals surface area contributed by atoms with Gasteiger partial charge in [-0.25, -0.2) is 4.98 Å². The van der Waals surface area contributed by atoms with Crippen molar-refractivity contribution in [3.8, 4) is 0 Å². The van der Waals surface area contributed by atoms with Gasteiger partial charge in [0.2, 0.25) is 0 Å². The van der Waals surface area contributed by atoms with Gasteiger partial charge < -0.3 is 5.32 Å². The van der Waals surface area contributed by atoms with Crippen LogP contribution in [0.15, 0.2) is 6.20 Å². The van der Waals surface area contributed by atoms with Gasteiger partial charge in [-0.05, 0) is 34.9 Å². The number of aromatic nitrogens is 1. The molecule has 4 heteroatoms. The molecule has 0 bridgehead atoms. The van der Waals surface area contributed by atoms with Gasteiger partial charge in [-0.1, -0.05) is 6.92 Å². The predicted molar refractivity (Wildman–Crippen MR) is 59.2 cm³/mol. The summed E-state index contributed by atoms with van der Waals surface area (Å²) in [6.45, 7) is 3.23. The van der Waals surface area contributed by atoms with Crippen LogP contribution in [0.2, 0.25) is 0 Å². The lowest BCUT2D eigenvalue weighted by molar-refractivity contribution is 0.650. The highest BCUT2D eigenvalue weighted by molar-refractivity contribution is 14.1. The fourth-order valence-electron chi connectivity index (χ4n) is 1.19. The first-order chi connectivity index (χ1) is 5.75. The maximum Gasteiger partial charge on any atom is 0.107 e. The Morgan fingerprint density at radius 1 is 1.83 bits per heavy atom. The summed E-state index contributed by atoms with van der Waals surface area (Å²) < 4.78 is 1.27. The third-order valence-electron chi connectivity index (χ3n) is 2.15. The molecule has 0 radical (unpaired) electrons. The molecule has 1 saturated carbocycles. The molecule has 2 nitrogen and oxygen atoms in total. The van der Waals surface area contributed by atoms with E-state index in [1.54, 1.807) is 11.3 Å². The fraction of sp³-hybridized carbons (Fsp3) is 0.625. The molecule has 12 heavy (non-hydrogen) atoms. The molecule has 1 aliphatic rings. The fourth-order valence-corrected chi connectivity index (χ4v) is 2.69. The van der Waals surface area contributed by atoms with E-state index in [0.29, 0.717) is 0 Å². The number of nitrogens with one attached hydrogen (secondary N) is 1. The highest BCUT2D eigenvalue weighted by atomic mass is 127. The average molecular weight is 294 g/mol. The van der Waals surface area contributed by atoms with Gasteiger partial charge >= 0.3 is 0 Å². The first-order valence-corrected chi connectivity index (χ1v) is 5.99. The number of thiazole rings is 1. The minimum absolute atomic E-state index is 0.756. The zero-order chi connectivity index (χ0) is 8.55. The molecule has 1 heterocycles. The van der Waals surface area contributed by atoms with Crippen molar-refractivity contribution in [2.24, 2.45) is 5.92 Å². The Morgan fingerprint density at radius 2 is 2.58 bits per heavy atom. The second kappa shape index (κ2) is 3.59. The maximum atomic E-state index is 4.29. The minimum atomic E-state index is 0.756. The first-order valence-electron chi connectivity index (χ1n) is 4.09. The lowest BCUT2D eigenvalue weighted by atomic mass is 10.5. The first kappa shape index (κ1) is 8.90. The summed E-state index contributed by atoms with van der Waals surface area (Å²) in [5, 5.41) is 4.69. The summed E-state index contributed by atoms with van der Waals surface area (Å²) in [5.41, 5.74) is 0. The predicted octanol–water partition coefficient (Wildman–Crippen LogP) is 2.25. The van der Waals surface area contributed by atoms with E-state index in [1.165, 1.54) is 14.3 Å². The number of hydrogen-bond donors (Lipinski definition) is 1. The van der Waals surface area contributed by atoms with Crippen molar-refractivity contribution in [2.75, 3.05) is 0 Å². The molecule has 2 rings (SSSR count). The van der Waals surface area contributed by atoms with E-state index in [0.717, 1.165) is 18.5 Å². The molecule has 66 valence electrons. The number of nitrogens with zero attached hydrogens (tertiary/aromatic N) is 1. The van der Waals surface area contributed by atoms with E-state index in [9.17, 15) is 0 Å². The lowest BCUT2D eigenvalue weighted by Gasteiger charge is -1.97. The van der Waals surface area contributed by atoms with E-state index >= 15 is 0 Å². The Morgan fingerprint density at radius 3 is 3.08 bits per heavy atom. The Kier molecular flexibility index (Phi) is 2.66. The van der Waals surface area contributed by atoms with Crippen LogP contribution in [0, 0.1) is 8.80 Å². The molecular weight excluding hydrogens is 283 g/mol.